The Morgan fingerprint density at radius 1 is 1.30 bits per heavy atom. The van der Waals surface area contributed by atoms with Gasteiger partial charge >= 0.3 is 0 Å². The van der Waals surface area contributed by atoms with Crippen molar-refractivity contribution < 1.29 is 4.79 Å². The molecule has 0 spiro atoms. The van der Waals surface area contributed by atoms with Gasteiger partial charge in [0, 0.05) is 25.0 Å². The Bertz CT molecular complexity index is 1030. The molecule has 0 aliphatic rings. The number of carbonyl (C=O) groups is 1. The standard InChI is InChI=1S/C19H21N7O/c1-14(25-9-8-20-12-25)6-7-21-19(27)17-10-15(23-24-17)11-26-13-22-16-4-2-3-5-18(16)26/h2-5,8-10,12-14H,6-7,11H2,1H3,(H,21,27)(H,23,24)/t14-/m0/s1. The molecule has 0 radical (unpaired) electrons. The number of H-pyrrole nitrogens is 1. The van der Waals surface area contributed by atoms with Crippen molar-refractivity contribution >= 4 is 16.9 Å². The maximum absolute atomic E-state index is 12.3. The molecular weight excluding hydrogens is 342 g/mol. The molecule has 0 unspecified atom stereocenters. The molecule has 1 aromatic carbocycles. The number of aromatic nitrogens is 6. The van der Waals surface area contributed by atoms with E-state index in [2.05, 4.69) is 32.4 Å². The van der Waals surface area contributed by atoms with Gasteiger partial charge in [-0.05, 0) is 31.5 Å². The molecule has 0 bridgehead atoms. The topological polar surface area (TPSA) is 93.4 Å². The highest BCUT2D eigenvalue weighted by molar-refractivity contribution is 5.92. The lowest BCUT2D eigenvalue weighted by molar-refractivity contribution is 0.0947. The number of hydrogen-bond donors (Lipinski definition) is 2. The highest BCUT2D eigenvalue weighted by Gasteiger charge is 2.12. The summed E-state index contributed by atoms with van der Waals surface area (Å²) >= 11 is 0. The summed E-state index contributed by atoms with van der Waals surface area (Å²) in [5.74, 6) is -0.175. The van der Waals surface area contributed by atoms with E-state index in [9.17, 15) is 4.79 Å². The van der Waals surface area contributed by atoms with Gasteiger partial charge in [0.1, 0.15) is 5.69 Å². The molecule has 138 valence electrons. The lowest BCUT2D eigenvalue weighted by atomic mass is 10.2. The van der Waals surface area contributed by atoms with Crippen LogP contribution in [-0.2, 0) is 6.54 Å². The second-order valence-electron chi connectivity index (χ2n) is 6.54. The Balaban J connectivity index is 1.34. The maximum atomic E-state index is 12.3. The molecule has 27 heavy (non-hydrogen) atoms. The van der Waals surface area contributed by atoms with Crippen molar-refractivity contribution in [2.45, 2.75) is 25.9 Å². The average molecular weight is 363 g/mol. The molecule has 0 fully saturated rings. The molecule has 0 aliphatic heterocycles. The number of rotatable bonds is 7. The monoisotopic (exact) mass is 363 g/mol. The first-order valence-corrected chi connectivity index (χ1v) is 8.90. The van der Waals surface area contributed by atoms with Crippen LogP contribution in [0.4, 0.5) is 0 Å². The quantitative estimate of drug-likeness (QED) is 0.527. The first kappa shape index (κ1) is 17.0. The van der Waals surface area contributed by atoms with E-state index in [1.807, 2.05) is 39.6 Å². The van der Waals surface area contributed by atoms with E-state index in [0.717, 1.165) is 23.1 Å². The summed E-state index contributed by atoms with van der Waals surface area (Å²) in [7, 11) is 0. The van der Waals surface area contributed by atoms with Crippen LogP contribution in [0.25, 0.3) is 11.0 Å². The van der Waals surface area contributed by atoms with Crippen molar-refractivity contribution in [1.82, 2.24) is 34.6 Å². The van der Waals surface area contributed by atoms with Gasteiger partial charge in [-0.15, -0.1) is 0 Å². The van der Waals surface area contributed by atoms with E-state index in [4.69, 9.17) is 0 Å². The van der Waals surface area contributed by atoms with E-state index >= 15 is 0 Å². The minimum atomic E-state index is -0.175. The van der Waals surface area contributed by atoms with Crippen LogP contribution in [-0.4, -0.2) is 41.8 Å². The fraction of sp³-hybridized carbons (Fsp3) is 0.263. The minimum absolute atomic E-state index is 0.175. The van der Waals surface area contributed by atoms with Crippen LogP contribution in [0.3, 0.4) is 0 Å². The number of amides is 1. The van der Waals surface area contributed by atoms with Crippen molar-refractivity contribution in [3.8, 4) is 0 Å². The molecule has 2 N–H and O–H groups in total. The van der Waals surface area contributed by atoms with Gasteiger partial charge in [0.25, 0.3) is 5.91 Å². The first-order chi connectivity index (χ1) is 13.2. The predicted octanol–water partition coefficient (Wildman–Crippen LogP) is 2.39. The van der Waals surface area contributed by atoms with Crippen LogP contribution in [0.2, 0.25) is 0 Å². The number of carbonyl (C=O) groups excluding carboxylic acids is 1. The van der Waals surface area contributed by atoms with Gasteiger partial charge < -0.3 is 14.5 Å². The van der Waals surface area contributed by atoms with Gasteiger partial charge in [0.05, 0.1) is 35.9 Å². The van der Waals surface area contributed by atoms with Gasteiger partial charge in [0.15, 0.2) is 0 Å². The smallest absolute Gasteiger partial charge is 0.271 e. The summed E-state index contributed by atoms with van der Waals surface area (Å²) in [6.07, 6.45) is 8.07. The second-order valence-corrected chi connectivity index (χ2v) is 6.54. The van der Waals surface area contributed by atoms with Crippen molar-refractivity contribution in [1.29, 1.82) is 0 Å². The third kappa shape index (κ3) is 3.74. The van der Waals surface area contributed by atoms with Gasteiger partial charge in [-0.25, -0.2) is 9.97 Å². The maximum Gasteiger partial charge on any atom is 0.271 e. The van der Waals surface area contributed by atoms with Gasteiger partial charge in [-0.3, -0.25) is 9.89 Å². The van der Waals surface area contributed by atoms with Gasteiger partial charge in [0.2, 0.25) is 0 Å². The molecule has 3 heterocycles. The van der Waals surface area contributed by atoms with E-state index in [1.54, 1.807) is 24.9 Å². The molecule has 8 heteroatoms. The Kier molecular flexibility index (Phi) is 4.69. The van der Waals surface area contributed by atoms with Gasteiger partial charge in [-0.2, -0.15) is 5.10 Å². The summed E-state index contributed by atoms with van der Waals surface area (Å²) in [4.78, 5) is 20.7. The molecule has 0 saturated heterocycles. The van der Waals surface area contributed by atoms with Crippen molar-refractivity contribution in [3.63, 3.8) is 0 Å². The summed E-state index contributed by atoms with van der Waals surface area (Å²) in [6.45, 7) is 3.25. The number of benzene rings is 1. The lowest BCUT2D eigenvalue weighted by Gasteiger charge is -2.12. The molecule has 0 saturated carbocycles. The molecule has 1 amide bonds. The number of imidazole rings is 2. The van der Waals surface area contributed by atoms with Crippen LogP contribution < -0.4 is 5.32 Å². The van der Waals surface area contributed by atoms with E-state index in [-0.39, 0.29) is 11.9 Å². The molecular formula is C19H21N7O. The number of aromatic amines is 1. The zero-order chi connectivity index (χ0) is 18.6. The van der Waals surface area contributed by atoms with Crippen LogP contribution in [0.5, 0.6) is 0 Å². The van der Waals surface area contributed by atoms with Crippen LogP contribution in [0.15, 0.2) is 55.4 Å². The van der Waals surface area contributed by atoms with Crippen LogP contribution in [0.1, 0.15) is 35.6 Å². The lowest BCUT2D eigenvalue weighted by Crippen LogP contribution is -2.26. The summed E-state index contributed by atoms with van der Waals surface area (Å²) in [6, 6.07) is 10.00. The third-order valence-corrected chi connectivity index (χ3v) is 4.61. The Hall–Kier alpha value is -3.42. The normalized spacial score (nSPS) is 12.3. The molecule has 4 aromatic rings. The number of nitrogens with zero attached hydrogens (tertiary/aromatic N) is 5. The number of hydrogen-bond acceptors (Lipinski definition) is 4. The summed E-state index contributed by atoms with van der Waals surface area (Å²) in [5, 5.41) is 10.00. The second kappa shape index (κ2) is 7.45. The number of nitrogens with one attached hydrogen (secondary N) is 2. The van der Waals surface area contributed by atoms with Crippen molar-refractivity contribution in [2.24, 2.45) is 0 Å². The van der Waals surface area contributed by atoms with Crippen molar-refractivity contribution in [3.05, 3.63) is 66.8 Å². The fourth-order valence-electron chi connectivity index (χ4n) is 3.04. The molecule has 0 aliphatic carbocycles. The van der Waals surface area contributed by atoms with Crippen LogP contribution in [0, 0.1) is 0 Å². The molecule has 4 rings (SSSR count). The number of para-hydroxylation sites is 2. The van der Waals surface area contributed by atoms with Crippen molar-refractivity contribution in [2.75, 3.05) is 6.54 Å². The zero-order valence-electron chi connectivity index (χ0n) is 15.0. The molecule has 1 atom stereocenters. The fourth-order valence-corrected chi connectivity index (χ4v) is 3.04. The largest absolute Gasteiger partial charge is 0.351 e. The minimum Gasteiger partial charge on any atom is -0.351 e. The van der Waals surface area contributed by atoms with E-state index in [0.29, 0.717) is 18.8 Å². The highest BCUT2D eigenvalue weighted by atomic mass is 16.1. The molecule has 3 aromatic heterocycles. The van der Waals surface area contributed by atoms with Gasteiger partial charge in [-0.1, -0.05) is 12.1 Å². The Labute approximate surface area is 156 Å². The van der Waals surface area contributed by atoms with E-state index in [1.165, 1.54) is 0 Å². The molecule has 8 nitrogen and oxygen atoms in total. The summed E-state index contributed by atoms with van der Waals surface area (Å²) in [5.41, 5.74) is 3.24. The number of fused-ring (bicyclic) bond motifs is 1. The third-order valence-electron chi connectivity index (χ3n) is 4.61. The van der Waals surface area contributed by atoms with Crippen LogP contribution >= 0.6 is 0 Å². The Morgan fingerprint density at radius 3 is 3.04 bits per heavy atom. The van der Waals surface area contributed by atoms with E-state index < -0.39 is 0 Å². The Morgan fingerprint density at radius 2 is 2.19 bits per heavy atom. The SMILES string of the molecule is C[C@@H](CCNC(=O)c1cc(Cn2cnc3ccccc32)[nH]n1)n1ccnc1. The summed E-state index contributed by atoms with van der Waals surface area (Å²) < 4.78 is 4.05. The zero-order valence-corrected chi connectivity index (χ0v) is 15.0. The average Bonchev–Trinajstić information content (AvgIpc) is 3.43. The first-order valence-electron chi connectivity index (χ1n) is 8.90. The predicted molar refractivity (Wildman–Crippen MR) is 101 cm³/mol. The highest BCUT2D eigenvalue weighted by Crippen LogP contribution is 2.14.